The number of aliphatic hydroxyl groups is 1. The molecule has 1 heterocycles. The van der Waals surface area contributed by atoms with Crippen LogP contribution in [0.2, 0.25) is 0 Å². The van der Waals surface area contributed by atoms with Crippen LogP contribution in [0.4, 0.5) is 0 Å². The molecule has 4 nitrogen and oxygen atoms in total. The van der Waals surface area contributed by atoms with Crippen LogP contribution in [0.1, 0.15) is 220 Å². The van der Waals surface area contributed by atoms with Crippen molar-refractivity contribution in [2.24, 2.45) is 5.92 Å². The second-order valence-corrected chi connectivity index (χ2v) is 13.9. The number of ether oxygens (including phenoxy) is 1. The van der Waals surface area contributed by atoms with Crippen LogP contribution < -0.4 is 5.32 Å². The molecule has 0 aromatic heterocycles. The second kappa shape index (κ2) is 43.5. The molecule has 2 aliphatic rings. The number of unbranched alkanes of at least 4 members (excludes halogenated alkanes) is 21. The maximum absolute atomic E-state index is 10.1. The van der Waals surface area contributed by atoms with E-state index in [1.165, 1.54) is 173 Å². The SMILES string of the molecule is CCC.CCCCCCCCCCCCCCOC1CCCC1.CCCCCCCCCCCCCO.O=CC1CCNCC1. The lowest BCUT2D eigenvalue weighted by atomic mass is 10.0. The summed E-state index contributed by atoms with van der Waals surface area (Å²) in [7, 11) is 0. The lowest BCUT2D eigenvalue weighted by Gasteiger charge is -2.16. The van der Waals surface area contributed by atoms with E-state index in [9.17, 15) is 4.79 Å². The summed E-state index contributed by atoms with van der Waals surface area (Å²) in [4.78, 5) is 10.1. The standard InChI is InChI=1S/C19H38O.C13H28O.C6H11NO.C3H8/c1-2-3-4-5-6-7-8-9-10-11-12-15-18-20-19-16-13-14-17-19;1-2-3-4-5-6-7-8-9-10-11-12-13-14;8-5-6-1-3-7-4-2-6;1-3-2/h19H,2-18H2,1H3;14H,2-13H2,1H3;5-7H,1-4H2;3H2,1-2H3. The van der Waals surface area contributed by atoms with E-state index in [2.05, 4.69) is 33.0 Å². The molecule has 1 saturated heterocycles. The van der Waals surface area contributed by atoms with Crippen molar-refractivity contribution in [3.63, 3.8) is 0 Å². The highest BCUT2D eigenvalue weighted by atomic mass is 16.5. The third-order valence-corrected chi connectivity index (χ3v) is 8.99. The minimum absolute atomic E-state index is 0.344. The maximum atomic E-state index is 10.1. The van der Waals surface area contributed by atoms with Crippen molar-refractivity contribution in [3.05, 3.63) is 0 Å². The number of rotatable bonds is 26. The summed E-state index contributed by atoms with van der Waals surface area (Å²) in [6.07, 6.45) is 42.3. The second-order valence-electron chi connectivity index (χ2n) is 13.9. The largest absolute Gasteiger partial charge is 0.396 e. The van der Waals surface area contributed by atoms with E-state index in [4.69, 9.17) is 9.84 Å². The average Bonchev–Trinajstić information content (AvgIpc) is 3.59. The Morgan fingerprint density at radius 1 is 0.556 bits per heavy atom. The monoisotopic (exact) mass is 640 g/mol. The smallest absolute Gasteiger partial charge is 0.123 e. The van der Waals surface area contributed by atoms with Gasteiger partial charge in [0.15, 0.2) is 0 Å². The van der Waals surface area contributed by atoms with Gasteiger partial charge in [-0.2, -0.15) is 0 Å². The van der Waals surface area contributed by atoms with E-state index in [0.717, 1.165) is 45.2 Å². The first-order valence-corrected chi connectivity index (χ1v) is 20.6. The summed E-state index contributed by atoms with van der Waals surface area (Å²) >= 11 is 0. The van der Waals surface area contributed by atoms with Crippen molar-refractivity contribution >= 4 is 6.29 Å². The van der Waals surface area contributed by atoms with Crippen LogP contribution in [0.5, 0.6) is 0 Å². The van der Waals surface area contributed by atoms with Crippen LogP contribution in [0.15, 0.2) is 0 Å². The van der Waals surface area contributed by atoms with E-state index in [1.54, 1.807) is 0 Å². The summed E-state index contributed by atoms with van der Waals surface area (Å²) < 4.78 is 5.89. The number of carbonyl (C=O) groups excluding carboxylic acids is 1. The van der Waals surface area contributed by atoms with Crippen molar-refractivity contribution in [1.29, 1.82) is 0 Å². The van der Waals surface area contributed by atoms with Crippen LogP contribution in [-0.4, -0.2) is 43.8 Å². The minimum Gasteiger partial charge on any atom is -0.396 e. The summed E-state index contributed by atoms with van der Waals surface area (Å²) in [5.74, 6) is 0.344. The van der Waals surface area contributed by atoms with Gasteiger partial charge in [-0.15, -0.1) is 0 Å². The van der Waals surface area contributed by atoms with Crippen molar-refractivity contribution in [2.75, 3.05) is 26.3 Å². The third kappa shape index (κ3) is 41.5. The van der Waals surface area contributed by atoms with E-state index < -0.39 is 0 Å². The lowest BCUT2D eigenvalue weighted by Crippen LogP contribution is -2.28. The normalized spacial score (nSPS) is 15.0. The number of carbonyl (C=O) groups is 1. The fraction of sp³-hybridized carbons (Fsp3) is 0.976. The van der Waals surface area contributed by atoms with Gasteiger partial charge in [0.25, 0.3) is 0 Å². The van der Waals surface area contributed by atoms with Crippen LogP contribution in [-0.2, 0) is 9.53 Å². The molecule has 0 aromatic rings. The molecule has 0 spiro atoms. The Morgan fingerprint density at radius 2 is 0.911 bits per heavy atom. The van der Waals surface area contributed by atoms with Crippen LogP contribution in [0.25, 0.3) is 0 Å². The van der Waals surface area contributed by atoms with E-state index in [-0.39, 0.29) is 0 Å². The molecule has 0 amide bonds. The average molecular weight is 640 g/mol. The summed E-state index contributed by atoms with van der Waals surface area (Å²) in [6.45, 7) is 12.2. The zero-order chi connectivity index (χ0) is 33.3. The third-order valence-electron chi connectivity index (χ3n) is 8.99. The van der Waals surface area contributed by atoms with Crippen LogP contribution in [0.3, 0.4) is 0 Å². The van der Waals surface area contributed by atoms with Crippen molar-refractivity contribution < 1.29 is 14.6 Å². The van der Waals surface area contributed by atoms with Gasteiger partial charge in [0.2, 0.25) is 0 Å². The molecule has 1 aliphatic heterocycles. The zero-order valence-electron chi connectivity index (χ0n) is 31.5. The first kappa shape index (κ1) is 46.7. The van der Waals surface area contributed by atoms with Gasteiger partial charge < -0.3 is 20.0 Å². The summed E-state index contributed by atoms with van der Waals surface area (Å²) in [5.41, 5.74) is 0. The Hall–Kier alpha value is -0.450. The molecule has 272 valence electrons. The first-order valence-electron chi connectivity index (χ1n) is 20.6. The number of aliphatic hydroxyl groups excluding tert-OH is 1. The molecule has 0 aromatic carbocycles. The molecule has 0 bridgehead atoms. The van der Waals surface area contributed by atoms with Crippen LogP contribution >= 0.6 is 0 Å². The molecular formula is C41H85NO3. The molecule has 1 saturated carbocycles. The van der Waals surface area contributed by atoms with E-state index >= 15 is 0 Å². The molecule has 0 atom stereocenters. The van der Waals surface area contributed by atoms with Gasteiger partial charge >= 0.3 is 0 Å². The van der Waals surface area contributed by atoms with Crippen molar-refractivity contribution in [2.45, 2.75) is 226 Å². The van der Waals surface area contributed by atoms with Gasteiger partial charge in [-0.05, 0) is 51.6 Å². The Balaban J connectivity index is 0. The molecule has 2 N–H and O–H groups in total. The number of nitrogens with one attached hydrogen (secondary N) is 1. The number of aldehydes is 1. The Bertz CT molecular complexity index is 491. The summed E-state index contributed by atoms with van der Waals surface area (Å²) in [5, 5.41) is 11.8. The molecule has 2 rings (SSSR count). The fourth-order valence-corrected chi connectivity index (χ4v) is 6.00. The Kier molecular flexibility index (Phi) is 45.2. The fourth-order valence-electron chi connectivity index (χ4n) is 6.00. The Labute approximate surface area is 284 Å². The predicted octanol–water partition coefficient (Wildman–Crippen LogP) is 12.5. The molecule has 2 fully saturated rings. The van der Waals surface area contributed by atoms with Gasteiger partial charge in [-0.1, -0.05) is 182 Å². The highest BCUT2D eigenvalue weighted by Crippen LogP contribution is 2.21. The molecule has 4 heteroatoms. The van der Waals surface area contributed by atoms with Crippen molar-refractivity contribution in [1.82, 2.24) is 5.32 Å². The number of hydrogen-bond acceptors (Lipinski definition) is 4. The quantitative estimate of drug-likeness (QED) is 0.0730. The summed E-state index contributed by atoms with van der Waals surface area (Å²) in [6, 6.07) is 0. The number of piperidine rings is 1. The zero-order valence-corrected chi connectivity index (χ0v) is 31.5. The van der Waals surface area contributed by atoms with Crippen molar-refractivity contribution in [3.8, 4) is 0 Å². The predicted molar refractivity (Wildman–Crippen MR) is 200 cm³/mol. The Morgan fingerprint density at radius 3 is 1.24 bits per heavy atom. The molecular weight excluding hydrogens is 554 g/mol. The lowest BCUT2D eigenvalue weighted by molar-refractivity contribution is -0.111. The van der Waals surface area contributed by atoms with Gasteiger partial charge in [0.1, 0.15) is 6.29 Å². The number of hydrogen-bond donors (Lipinski definition) is 2. The molecule has 45 heavy (non-hydrogen) atoms. The topological polar surface area (TPSA) is 58.6 Å². The molecule has 0 radical (unpaired) electrons. The maximum Gasteiger partial charge on any atom is 0.123 e. The van der Waals surface area contributed by atoms with Gasteiger partial charge in [-0.3, -0.25) is 0 Å². The van der Waals surface area contributed by atoms with Gasteiger partial charge in [0.05, 0.1) is 6.10 Å². The van der Waals surface area contributed by atoms with Gasteiger partial charge in [-0.25, -0.2) is 0 Å². The first-order chi connectivity index (χ1) is 22.2. The van der Waals surface area contributed by atoms with E-state index in [1.807, 2.05) is 0 Å². The van der Waals surface area contributed by atoms with Crippen LogP contribution in [0, 0.1) is 5.92 Å². The van der Waals surface area contributed by atoms with Gasteiger partial charge in [0, 0.05) is 19.1 Å². The minimum atomic E-state index is 0.344. The highest BCUT2D eigenvalue weighted by Gasteiger charge is 2.14. The highest BCUT2D eigenvalue weighted by molar-refractivity contribution is 5.53. The molecule has 1 aliphatic carbocycles. The van der Waals surface area contributed by atoms with E-state index in [0.29, 0.717) is 18.6 Å². The molecule has 0 unspecified atom stereocenters.